The second kappa shape index (κ2) is 57.9. The van der Waals surface area contributed by atoms with Gasteiger partial charge in [0.25, 0.3) is 0 Å². The summed E-state index contributed by atoms with van der Waals surface area (Å²) >= 11 is 0. The Morgan fingerprint density at radius 3 is 0.531 bits per heavy atom. The number of carboxylic acid groups (broad SMARTS) is 4. The number of aliphatic hydroxyl groups excluding tert-OH is 2. The SMILES string of the molecule is O=C([O-])/C=C(/CCCCCCCCCCCCCCCCCCCCCCO)C(=O)[O-].O=C([O-])/C=C(/CCCCCCCCCCCCCCCCCCCCCCO)C(=O)[O-].[Mg+2].[Mg+2]. The van der Waals surface area contributed by atoms with E-state index < -0.39 is 23.9 Å². The van der Waals surface area contributed by atoms with E-state index in [0.717, 1.165) is 51.4 Å². The zero-order chi connectivity index (χ0) is 46.0. The summed E-state index contributed by atoms with van der Waals surface area (Å²) in [5.41, 5.74) is -0.351. The Hall–Kier alpha value is -1.19. The molecule has 0 rings (SSSR count). The van der Waals surface area contributed by atoms with Gasteiger partial charge in [0.05, 0.1) is 23.9 Å². The van der Waals surface area contributed by atoms with Gasteiger partial charge in [0.2, 0.25) is 0 Å². The summed E-state index contributed by atoms with van der Waals surface area (Å²) in [6.45, 7) is 0.679. The maximum absolute atomic E-state index is 10.8. The van der Waals surface area contributed by atoms with Crippen molar-refractivity contribution in [2.75, 3.05) is 13.2 Å². The van der Waals surface area contributed by atoms with Crippen LogP contribution in [0, 0.1) is 0 Å². The van der Waals surface area contributed by atoms with Gasteiger partial charge >= 0.3 is 46.1 Å². The van der Waals surface area contributed by atoms with Crippen LogP contribution >= 0.6 is 0 Å². The van der Waals surface area contributed by atoms with Gasteiger partial charge in [0.15, 0.2) is 0 Å². The summed E-state index contributed by atoms with van der Waals surface area (Å²) in [5, 5.41) is 60.0. The van der Waals surface area contributed by atoms with Gasteiger partial charge in [0.1, 0.15) is 0 Å². The second-order valence-electron chi connectivity index (χ2n) is 17.6. The molecule has 0 spiro atoms. The molecular formula is C52H92Mg2O10. The predicted octanol–water partition coefficient (Wildman–Crippen LogP) is 8.43. The van der Waals surface area contributed by atoms with E-state index in [9.17, 15) is 39.6 Å². The van der Waals surface area contributed by atoms with E-state index in [1.807, 2.05) is 0 Å². The molecule has 0 radical (unpaired) electrons. The van der Waals surface area contributed by atoms with Crippen molar-refractivity contribution >= 4 is 70.0 Å². The Kier molecular flexibility index (Phi) is 62.8. The van der Waals surface area contributed by atoms with Crippen molar-refractivity contribution in [3.8, 4) is 0 Å². The molecule has 0 saturated carbocycles. The number of carboxylic acids is 4. The van der Waals surface area contributed by atoms with E-state index in [2.05, 4.69) is 0 Å². The van der Waals surface area contributed by atoms with E-state index in [4.69, 9.17) is 10.2 Å². The van der Waals surface area contributed by atoms with Crippen LogP contribution in [0.3, 0.4) is 0 Å². The first-order valence-corrected chi connectivity index (χ1v) is 25.6. The molecule has 64 heavy (non-hydrogen) atoms. The number of aliphatic hydroxyl groups is 2. The molecule has 0 aromatic carbocycles. The molecule has 0 aromatic heterocycles. The Morgan fingerprint density at radius 2 is 0.406 bits per heavy atom. The first-order chi connectivity index (χ1) is 30.1. The van der Waals surface area contributed by atoms with Gasteiger partial charge in [-0.3, -0.25) is 0 Å². The topological polar surface area (TPSA) is 201 Å². The van der Waals surface area contributed by atoms with Gasteiger partial charge in [-0.2, -0.15) is 0 Å². The summed E-state index contributed by atoms with van der Waals surface area (Å²) in [6.07, 6.45) is 51.0. The van der Waals surface area contributed by atoms with Crippen LogP contribution in [0.15, 0.2) is 23.3 Å². The van der Waals surface area contributed by atoms with Crippen LogP contribution in [0.4, 0.5) is 0 Å². The molecule has 0 aromatic rings. The van der Waals surface area contributed by atoms with Crippen molar-refractivity contribution in [2.45, 2.75) is 270 Å². The fraction of sp³-hybridized carbons (Fsp3) is 0.846. The molecule has 364 valence electrons. The molecule has 0 saturated heterocycles. The van der Waals surface area contributed by atoms with E-state index in [-0.39, 0.29) is 70.1 Å². The maximum Gasteiger partial charge on any atom is 2.00 e. The van der Waals surface area contributed by atoms with E-state index >= 15 is 0 Å². The van der Waals surface area contributed by atoms with Crippen LogP contribution in [0.25, 0.3) is 0 Å². The maximum atomic E-state index is 10.8. The Labute approximate surface area is 423 Å². The van der Waals surface area contributed by atoms with Gasteiger partial charge in [-0.05, 0) is 61.8 Å². The van der Waals surface area contributed by atoms with Crippen LogP contribution in [0.5, 0.6) is 0 Å². The molecule has 0 unspecified atom stereocenters. The third-order valence-electron chi connectivity index (χ3n) is 11.8. The minimum absolute atomic E-state index is 0. The third-order valence-corrected chi connectivity index (χ3v) is 11.8. The van der Waals surface area contributed by atoms with Crippen molar-refractivity contribution in [2.24, 2.45) is 0 Å². The summed E-state index contributed by atoms with van der Waals surface area (Å²) in [5.74, 6) is -5.77. The quantitative estimate of drug-likeness (QED) is 0.0339. The van der Waals surface area contributed by atoms with E-state index in [1.54, 1.807) is 0 Å². The Balaban J connectivity index is -0.000000545. The molecule has 0 aliphatic carbocycles. The predicted molar refractivity (Wildman–Crippen MR) is 256 cm³/mol. The van der Waals surface area contributed by atoms with Gasteiger partial charge in [-0.15, -0.1) is 0 Å². The summed E-state index contributed by atoms with van der Waals surface area (Å²) in [6, 6.07) is 0. The summed E-state index contributed by atoms with van der Waals surface area (Å²) in [4.78, 5) is 42.5. The molecule has 0 atom stereocenters. The van der Waals surface area contributed by atoms with Crippen LogP contribution in [0.2, 0.25) is 0 Å². The summed E-state index contributed by atoms with van der Waals surface area (Å²) < 4.78 is 0. The number of carbonyl (C=O) groups is 4. The van der Waals surface area contributed by atoms with Crippen LogP contribution in [-0.2, 0) is 19.2 Å². The largest absolute Gasteiger partial charge is 2.00 e. The molecular weight excluding hydrogens is 833 g/mol. The fourth-order valence-electron chi connectivity index (χ4n) is 7.97. The molecule has 10 nitrogen and oxygen atoms in total. The molecule has 0 heterocycles. The summed E-state index contributed by atoms with van der Waals surface area (Å²) in [7, 11) is 0. The van der Waals surface area contributed by atoms with Gasteiger partial charge in [-0.25, -0.2) is 0 Å². The smallest absolute Gasteiger partial charge is 0.545 e. The van der Waals surface area contributed by atoms with Gasteiger partial charge in [0, 0.05) is 13.2 Å². The normalized spacial score (nSPS) is 11.3. The molecule has 0 fully saturated rings. The number of unbranched alkanes of at least 4 members (excludes halogenated alkanes) is 38. The van der Waals surface area contributed by atoms with Crippen LogP contribution in [0.1, 0.15) is 270 Å². The van der Waals surface area contributed by atoms with Crippen molar-refractivity contribution in [3.05, 3.63) is 23.3 Å². The van der Waals surface area contributed by atoms with Crippen LogP contribution < -0.4 is 20.4 Å². The minimum Gasteiger partial charge on any atom is -0.545 e. The first kappa shape index (κ1) is 69.4. The van der Waals surface area contributed by atoms with Crippen molar-refractivity contribution in [1.29, 1.82) is 0 Å². The minimum atomic E-state index is -1.48. The van der Waals surface area contributed by atoms with E-state index in [0.29, 0.717) is 38.2 Å². The number of aliphatic carboxylic acids is 4. The monoisotopic (exact) mass is 925 g/mol. The molecule has 12 heteroatoms. The molecule has 0 aliphatic rings. The number of hydrogen-bond donors (Lipinski definition) is 2. The standard InChI is InChI=1S/2C26H48O5.2Mg/c2*27-22-20-18-16-14-12-10-8-6-4-2-1-3-5-7-9-11-13-15-17-19-21-24(26(30)31)23-25(28)29;;/h2*23,27H,1-22H2,(H,28,29)(H,30,31);;/q;;2*+2/p-4/b2*24-23-;;. The average molecular weight is 926 g/mol. The van der Waals surface area contributed by atoms with Crippen LogP contribution in [-0.4, -0.2) is 93.4 Å². The van der Waals surface area contributed by atoms with Crippen molar-refractivity contribution in [1.82, 2.24) is 0 Å². The Bertz CT molecular complexity index is 1010. The van der Waals surface area contributed by atoms with Gasteiger partial charge in [-0.1, -0.05) is 231 Å². The average Bonchev–Trinajstić information content (AvgIpc) is 3.23. The fourth-order valence-corrected chi connectivity index (χ4v) is 7.97. The third kappa shape index (κ3) is 58.8. The molecule has 0 aliphatic heterocycles. The number of hydrogen-bond acceptors (Lipinski definition) is 10. The number of rotatable bonds is 48. The molecule has 2 N–H and O–H groups in total. The van der Waals surface area contributed by atoms with E-state index in [1.165, 1.54) is 193 Å². The van der Waals surface area contributed by atoms with Gasteiger partial charge < -0.3 is 49.8 Å². The van der Waals surface area contributed by atoms with Crippen molar-refractivity contribution < 1.29 is 49.8 Å². The first-order valence-electron chi connectivity index (χ1n) is 25.6. The Morgan fingerprint density at radius 1 is 0.266 bits per heavy atom. The number of carbonyl (C=O) groups excluding carboxylic acids is 4. The molecule has 0 amide bonds. The zero-order valence-corrected chi connectivity index (χ0v) is 43.7. The zero-order valence-electron chi connectivity index (χ0n) is 40.8. The second-order valence-corrected chi connectivity index (χ2v) is 17.6. The molecule has 0 bridgehead atoms. The van der Waals surface area contributed by atoms with Crippen molar-refractivity contribution in [3.63, 3.8) is 0 Å².